The summed E-state index contributed by atoms with van der Waals surface area (Å²) in [5.41, 5.74) is 2.24. The highest BCUT2D eigenvalue weighted by molar-refractivity contribution is 5.32. The minimum absolute atomic E-state index is 0.204. The lowest BCUT2D eigenvalue weighted by molar-refractivity contribution is -0.0422. The van der Waals surface area contributed by atoms with Crippen molar-refractivity contribution in [3.8, 4) is 0 Å². The molecule has 2 heteroatoms. The zero-order chi connectivity index (χ0) is 21.0. The Bertz CT molecular complexity index is 624. The molecule has 4 aliphatic carbocycles. The molecule has 2 nitrogen and oxygen atoms in total. The van der Waals surface area contributed by atoms with E-state index in [0.29, 0.717) is 35.7 Å². The van der Waals surface area contributed by atoms with Gasteiger partial charge in [0.05, 0.1) is 6.10 Å². The molecule has 2 N–H and O–H groups in total. The minimum atomic E-state index is -0.248. The van der Waals surface area contributed by atoms with E-state index >= 15 is 0 Å². The second-order valence-electron chi connectivity index (χ2n) is 12.3. The van der Waals surface area contributed by atoms with Crippen LogP contribution in [0.5, 0.6) is 0 Å². The highest BCUT2D eigenvalue weighted by Gasteiger charge is 2.60. The number of fused-ring (bicyclic) bond motifs is 5. The Kier molecular flexibility index (Phi) is 6.01. The standard InChI is InChI=1S/C27H46O2/c1-17(2)7-6-8-18(3)25-24(29)15-23-20-9-10-21-19(16-28)11-13-26(21,4)22(20)12-14-27(23,25)5/h15,17-22,24-25,28-29H,6-14,16H2,1-5H3/t18-,19-,20-,21+,22+,24-,25+,26+,27+/m1/s1. The average Bonchev–Trinajstić information content (AvgIpc) is 3.13. The quantitative estimate of drug-likeness (QED) is 0.518. The van der Waals surface area contributed by atoms with Gasteiger partial charge in [-0.25, -0.2) is 0 Å². The Morgan fingerprint density at radius 2 is 1.76 bits per heavy atom. The third kappa shape index (κ3) is 3.45. The van der Waals surface area contributed by atoms with Gasteiger partial charge in [-0.05, 0) is 84.9 Å². The zero-order valence-electron chi connectivity index (χ0n) is 19.7. The van der Waals surface area contributed by atoms with Gasteiger partial charge in [0.15, 0.2) is 0 Å². The largest absolute Gasteiger partial charge is 0.396 e. The van der Waals surface area contributed by atoms with Crippen molar-refractivity contribution in [2.24, 2.45) is 52.3 Å². The first kappa shape index (κ1) is 21.9. The highest BCUT2D eigenvalue weighted by atomic mass is 16.3. The Hall–Kier alpha value is -0.340. The second-order valence-corrected chi connectivity index (χ2v) is 12.3. The summed E-state index contributed by atoms with van der Waals surface area (Å²) in [6.45, 7) is 12.5. The van der Waals surface area contributed by atoms with Gasteiger partial charge < -0.3 is 10.2 Å². The molecule has 0 heterocycles. The van der Waals surface area contributed by atoms with Gasteiger partial charge in [-0.15, -0.1) is 0 Å². The fourth-order valence-corrected chi connectivity index (χ4v) is 8.94. The number of allylic oxidation sites excluding steroid dienone is 1. The topological polar surface area (TPSA) is 40.5 Å². The molecule has 3 saturated carbocycles. The van der Waals surface area contributed by atoms with E-state index in [1.807, 2.05) is 0 Å². The summed E-state index contributed by atoms with van der Waals surface area (Å²) in [6.07, 6.45) is 13.6. The van der Waals surface area contributed by atoms with Crippen molar-refractivity contribution in [2.75, 3.05) is 6.61 Å². The number of rotatable bonds is 6. The molecule has 0 aromatic carbocycles. The zero-order valence-corrected chi connectivity index (χ0v) is 19.7. The molecular formula is C27H46O2. The maximum atomic E-state index is 11.2. The fourth-order valence-electron chi connectivity index (χ4n) is 8.94. The highest BCUT2D eigenvalue weighted by Crippen LogP contribution is 2.68. The summed E-state index contributed by atoms with van der Waals surface area (Å²) in [4.78, 5) is 0. The van der Waals surface area contributed by atoms with Gasteiger partial charge in [0.2, 0.25) is 0 Å². The molecule has 0 unspecified atom stereocenters. The van der Waals surface area contributed by atoms with Crippen molar-refractivity contribution < 1.29 is 10.2 Å². The van der Waals surface area contributed by atoms with E-state index in [4.69, 9.17) is 0 Å². The van der Waals surface area contributed by atoms with Crippen LogP contribution < -0.4 is 0 Å². The van der Waals surface area contributed by atoms with Gasteiger partial charge in [0.1, 0.15) is 0 Å². The first-order valence-electron chi connectivity index (χ1n) is 12.7. The second kappa shape index (κ2) is 7.97. The van der Waals surface area contributed by atoms with Gasteiger partial charge in [-0.2, -0.15) is 0 Å². The predicted molar refractivity (Wildman–Crippen MR) is 120 cm³/mol. The van der Waals surface area contributed by atoms with E-state index in [-0.39, 0.29) is 11.5 Å². The molecule has 9 atom stereocenters. The van der Waals surface area contributed by atoms with E-state index in [1.54, 1.807) is 5.57 Å². The normalized spacial score (nSPS) is 47.5. The molecule has 4 rings (SSSR count). The molecule has 0 saturated heterocycles. The van der Waals surface area contributed by atoms with Crippen LogP contribution in [-0.2, 0) is 0 Å². The summed E-state index contributed by atoms with van der Waals surface area (Å²) in [5, 5.41) is 21.1. The molecule has 0 bridgehead atoms. The first-order valence-corrected chi connectivity index (χ1v) is 12.7. The minimum Gasteiger partial charge on any atom is -0.396 e. The molecular weight excluding hydrogens is 356 g/mol. The van der Waals surface area contributed by atoms with E-state index in [2.05, 4.69) is 40.7 Å². The first-order chi connectivity index (χ1) is 13.7. The van der Waals surface area contributed by atoms with Crippen LogP contribution in [-0.4, -0.2) is 22.9 Å². The molecule has 29 heavy (non-hydrogen) atoms. The lowest BCUT2D eigenvalue weighted by Crippen LogP contribution is -2.49. The Labute approximate surface area is 179 Å². The van der Waals surface area contributed by atoms with Crippen LogP contribution >= 0.6 is 0 Å². The summed E-state index contributed by atoms with van der Waals surface area (Å²) < 4.78 is 0. The molecule has 0 radical (unpaired) electrons. The third-order valence-corrected chi connectivity index (χ3v) is 10.4. The van der Waals surface area contributed by atoms with Crippen LogP contribution in [0.4, 0.5) is 0 Å². The SMILES string of the molecule is CC(C)CCC[C@@H](C)[C@H]1[C@H](O)C=C2[C@@H]3CC[C@H]4[C@@H](CO)CC[C@]4(C)[C@H]3CC[C@@]21C. The molecule has 166 valence electrons. The molecule has 0 aromatic rings. The van der Waals surface area contributed by atoms with Crippen LogP contribution in [0.15, 0.2) is 11.6 Å². The van der Waals surface area contributed by atoms with Crippen molar-refractivity contribution in [3.63, 3.8) is 0 Å². The molecule has 0 aromatic heterocycles. The predicted octanol–water partition coefficient (Wildman–Crippen LogP) is 6.22. The van der Waals surface area contributed by atoms with E-state index in [0.717, 1.165) is 17.8 Å². The van der Waals surface area contributed by atoms with Gasteiger partial charge in [0.25, 0.3) is 0 Å². The lowest BCUT2D eigenvalue weighted by Gasteiger charge is -2.56. The van der Waals surface area contributed by atoms with Crippen molar-refractivity contribution >= 4 is 0 Å². The van der Waals surface area contributed by atoms with Gasteiger partial charge in [0, 0.05) is 12.5 Å². The van der Waals surface area contributed by atoms with Crippen LogP contribution in [0.1, 0.15) is 92.4 Å². The van der Waals surface area contributed by atoms with Crippen molar-refractivity contribution in [1.82, 2.24) is 0 Å². The van der Waals surface area contributed by atoms with Crippen molar-refractivity contribution in [3.05, 3.63) is 11.6 Å². The van der Waals surface area contributed by atoms with Crippen molar-refractivity contribution in [2.45, 2.75) is 98.5 Å². The maximum absolute atomic E-state index is 11.2. The summed E-state index contributed by atoms with van der Waals surface area (Å²) in [5.74, 6) is 4.47. The van der Waals surface area contributed by atoms with Crippen LogP contribution in [0.2, 0.25) is 0 Å². The molecule has 3 fully saturated rings. The van der Waals surface area contributed by atoms with E-state index in [9.17, 15) is 10.2 Å². The number of hydrogen-bond acceptors (Lipinski definition) is 2. The Morgan fingerprint density at radius 3 is 2.45 bits per heavy atom. The summed E-state index contributed by atoms with van der Waals surface area (Å²) in [6, 6.07) is 0. The smallest absolute Gasteiger partial charge is 0.0762 e. The Morgan fingerprint density at radius 1 is 1.00 bits per heavy atom. The summed E-state index contributed by atoms with van der Waals surface area (Å²) >= 11 is 0. The third-order valence-electron chi connectivity index (χ3n) is 10.4. The van der Waals surface area contributed by atoms with Gasteiger partial charge in [-0.1, -0.05) is 65.5 Å². The number of aliphatic hydroxyl groups excluding tert-OH is 2. The molecule has 0 amide bonds. The van der Waals surface area contributed by atoms with Gasteiger partial charge in [-0.3, -0.25) is 0 Å². The van der Waals surface area contributed by atoms with Crippen LogP contribution in [0.3, 0.4) is 0 Å². The molecule has 0 aliphatic heterocycles. The monoisotopic (exact) mass is 402 g/mol. The Balaban J connectivity index is 1.52. The molecule has 0 spiro atoms. The van der Waals surface area contributed by atoms with Crippen LogP contribution in [0, 0.1) is 52.3 Å². The van der Waals surface area contributed by atoms with Crippen molar-refractivity contribution in [1.29, 1.82) is 0 Å². The fraction of sp³-hybridized carbons (Fsp3) is 0.926. The van der Waals surface area contributed by atoms with E-state index < -0.39 is 0 Å². The summed E-state index contributed by atoms with van der Waals surface area (Å²) in [7, 11) is 0. The average molecular weight is 403 g/mol. The number of aliphatic hydroxyl groups is 2. The maximum Gasteiger partial charge on any atom is 0.0762 e. The van der Waals surface area contributed by atoms with Crippen LogP contribution in [0.25, 0.3) is 0 Å². The van der Waals surface area contributed by atoms with E-state index in [1.165, 1.54) is 57.8 Å². The lowest BCUT2D eigenvalue weighted by atomic mass is 9.48. The molecule has 4 aliphatic rings. The number of hydrogen-bond donors (Lipinski definition) is 2. The van der Waals surface area contributed by atoms with Gasteiger partial charge >= 0.3 is 0 Å².